The van der Waals surface area contributed by atoms with Gasteiger partial charge in [-0.1, -0.05) is 37.9 Å². The molecule has 0 amide bonds. The van der Waals surface area contributed by atoms with Crippen molar-refractivity contribution in [3.8, 4) is 0 Å². The topological polar surface area (TPSA) is 36.9 Å². The van der Waals surface area contributed by atoms with E-state index in [-0.39, 0.29) is 16.6 Å². The van der Waals surface area contributed by atoms with Gasteiger partial charge in [-0.25, -0.2) is 0 Å². The maximum Gasteiger partial charge on any atom is 0.274 e. The molecule has 4 nitrogen and oxygen atoms in total. The van der Waals surface area contributed by atoms with Crippen LogP contribution < -0.4 is 0 Å². The zero-order valence-corrected chi connectivity index (χ0v) is 26.9. The normalized spacial score (nSPS) is 28.5. The Balaban J connectivity index is 3.13. The fourth-order valence-electron chi connectivity index (χ4n) is 4.43. The van der Waals surface area contributed by atoms with Gasteiger partial charge in [-0.05, 0) is 79.4 Å². The summed E-state index contributed by atoms with van der Waals surface area (Å²) in [5.74, 6) is 0. The van der Waals surface area contributed by atoms with Crippen molar-refractivity contribution >= 4 is 33.3 Å². The fraction of sp³-hybridized carbons (Fsp3) is 0.750. The third-order valence-electron chi connectivity index (χ3n) is 8.07. The van der Waals surface area contributed by atoms with Gasteiger partial charge in [0, 0.05) is 11.6 Å². The minimum atomic E-state index is -2.21. The molecule has 0 aliphatic carbocycles. The molecule has 0 saturated carbocycles. The summed E-state index contributed by atoms with van der Waals surface area (Å²) in [5.41, 5.74) is 4.67. The molecule has 0 radical (unpaired) electrons. The van der Waals surface area contributed by atoms with E-state index in [2.05, 4.69) is 105 Å². The molecule has 1 aliphatic rings. The second kappa shape index (κ2) is 10.2. The zero-order valence-electron chi connectivity index (χ0n) is 22.9. The van der Waals surface area contributed by atoms with E-state index in [9.17, 15) is 0 Å². The quantitative estimate of drug-likeness (QED) is 0.201. The predicted molar refractivity (Wildman–Crippen MR) is 149 cm³/mol. The lowest BCUT2D eigenvalue weighted by molar-refractivity contribution is 0.0881. The van der Waals surface area contributed by atoms with E-state index in [0.29, 0.717) is 5.54 Å². The van der Waals surface area contributed by atoms with Crippen LogP contribution in [-0.2, 0) is 17.7 Å². The fourth-order valence-corrected chi connectivity index (χ4v) is 16.1. The van der Waals surface area contributed by atoms with Crippen molar-refractivity contribution in [3.05, 3.63) is 36.9 Å². The molecule has 1 aliphatic heterocycles. The third-order valence-corrected chi connectivity index (χ3v) is 22.1. The van der Waals surface area contributed by atoms with Crippen LogP contribution >= 0.6 is 0 Å². The molecule has 0 fully saturated rings. The Kier molecular flexibility index (Phi) is 9.47. The average Bonchev–Trinajstić information content (AvgIpc) is 2.66. The van der Waals surface area contributed by atoms with Crippen molar-refractivity contribution < 1.29 is 17.7 Å². The van der Waals surface area contributed by atoms with Crippen LogP contribution in [0.3, 0.4) is 0 Å². The van der Waals surface area contributed by atoms with E-state index in [0.717, 1.165) is 12.8 Å². The standard InChI is InChI=1S/C24H50O4Si4/c1-15-23(6,27-29(8,9)17-3)31(12,13)26-21(4)22(5)32(14)20-18-19-24(7,28-32)30(10,11)25-16-2/h16-18,20-22H,2-3,15,19H2,1,4-14H3. The lowest BCUT2D eigenvalue weighted by Crippen LogP contribution is -2.64. The summed E-state index contributed by atoms with van der Waals surface area (Å²) in [4.78, 5) is 0. The maximum absolute atomic E-state index is 7.02. The molecule has 8 heteroatoms. The van der Waals surface area contributed by atoms with Crippen molar-refractivity contribution in [2.75, 3.05) is 0 Å². The third kappa shape index (κ3) is 6.25. The Labute approximate surface area is 203 Å². The highest BCUT2D eigenvalue weighted by Crippen LogP contribution is 2.43. The van der Waals surface area contributed by atoms with Crippen molar-refractivity contribution in [1.29, 1.82) is 0 Å². The van der Waals surface area contributed by atoms with Crippen molar-refractivity contribution in [2.24, 2.45) is 0 Å². The number of hydrogen-bond donors (Lipinski definition) is 0. The van der Waals surface area contributed by atoms with E-state index in [1.54, 1.807) is 6.26 Å². The lowest BCUT2D eigenvalue weighted by Gasteiger charge is -2.51. The molecule has 5 unspecified atom stereocenters. The van der Waals surface area contributed by atoms with Gasteiger partial charge in [0.15, 0.2) is 0 Å². The maximum atomic E-state index is 7.02. The first-order valence-corrected chi connectivity index (χ1v) is 23.4. The van der Waals surface area contributed by atoms with Gasteiger partial charge in [-0.2, -0.15) is 0 Å². The summed E-state index contributed by atoms with van der Waals surface area (Å²) in [6.07, 6.45) is 5.79. The molecule has 5 atom stereocenters. The average molecular weight is 515 g/mol. The zero-order chi connectivity index (χ0) is 25.2. The van der Waals surface area contributed by atoms with Crippen LogP contribution in [0.4, 0.5) is 0 Å². The molecule has 32 heavy (non-hydrogen) atoms. The van der Waals surface area contributed by atoms with Crippen LogP contribution in [0.25, 0.3) is 0 Å². The molecule has 1 rings (SSSR count). The molecular weight excluding hydrogens is 465 g/mol. The van der Waals surface area contributed by atoms with Crippen LogP contribution in [-0.4, -0.2) is 49.8 Å². The van der Waals surface area contributed by atoms with Crippen LogP contribution in [0, 0.1) is 0 Å². The van der Waals surface area contributed by atoms with E-state index in [4.69, 9.17) is 17.7 Å². The first-order valence-electron chi connectivity index (χ1n) is 12.0. The largest absolute Gasteiger partial charge is 0.547 e. The molecule has 0 N–H and O–H groups in total. The Bertz CT molecular complexity index is 708. The van der Waals surface area contributed by atoms with Crippen LogP contribution in [0.1, 0.15) is 47.5 Å². The molecule has 1 heterocycles. The van der Waals surface area contributed by atoms with Gasteiger partial charge in [0.1, 0.15) is 0 Å². The molecule has 0 saturated heterocycles. The molecule has 0 aromatic carbocycles. The second-order valence-electron chi connectivity index (χ2n) is 11.5. The molecule has 0 aromatic heterocycles. The Morgan fingerprint density at radius 3 is 2.22 bits per heavy atom. The summed E-state index contributed by atoms with van der Waals surface area (Å²) in [6, 6.07) is 0. The van der Waals surface area contributed by atoms with Crippen molar-refractivity contribution in [1.82, 2.24) is 0 Å². The van der Waals surface area contributed by atoms with E-state index >= 15 is 0 Å². The summed E-state index contributed by atoms with van der Waals surface area (Å²) in [6.45, 7) is 34.8. The van der Waals surface area contributed by atoms with E-state index < -0.39 is 33.3 Å². The van der Waals surface area contributed by atoms with Crippen LogP contribution in [0.5, 0.6) is 0 Å². The molecule has 0 spiro atoms. The summed E-state index contributed by atoms with van der Waals surface area (Å²) in [5, 5.41) is -0.545. The summed E-state index contributed by atoms with van der Waals surface area (Å²) >= 11 is 0. The highest BCUT2D eigenvalue weighted by Gasteiger charge is 2.55. The minimum Gasteiger partial charge on any atom is -0.547 e. The van der Waals surface area contributed by atoms with E-state index in [1.807, 2.05) is 5.70 Å². The second-order valence-corrected chi connectivity index (χ2v) is 27.8. The molecule has 0 bridgehead atoms. The van der Waals surface area contributed by atoms with Crippen LogP contribution in [0.15, 0.2) is 36.9 Å². The SMILES string of the molecule is C=CO[Si](C)(C)C1(C)CC=C[Si](C)(C(C)C(C)O[Si](C)(C)C(C)(CC)O[Si](C)(C)C=C)O1. The smallest absolute Gasteiger partial charge is 0.274 e. The lowest BCUT2D eigenvalue weighted by atomic mass is 10.3. The predicted octanol–water partition coefficient (Wildman–Crippen LogP) is 7.40. The monoisotopic (exact) mass is 514 g/mol. The van der Waals surface area contributed by atoms with Gasteiger partial charge < -0.3 is 17.7 Å². The van der Waals surface area contributed by atoms with Gasteiger partial charge in [-0.15, -0.1) is 6.58 Å². The first-order chi connectivity index (χ1) is 14.3. The Morgan fingerprint density at radius 1 is 1.19 bits per heavy atom. The Hall–Kier alpha value is -0.232. The number of hydrogen-bond acceptors (Lipinski definition) is 4. The van der Waals surface area contributed by atoms with Gasteiger partial charge >= 0.3 is 0 Å². The summed E-state index contributed by atoms with van der Waals surface area (Å²) in [7, 11) is -8.49. The van der Waals surface area contributed by atoms with Crippen molar-refractivity contribution in [2.45, 2.75) is 115 Å². The van der Waals surface area contributed by atoms with Crippen LogP contribution in [0.2, 0.25) is 51.4 Å². The minimum absolute atomic E-state index is 0.0772. The van der Waals surface area contributed by atoms with Gasteiger partial charge in [0.05, 0.1) is 16.7 Å². The van der Waals surface area contributed by atoms with Gasteiger partial charge in [-0.3, -0.25) is 0 Å². The molecule has 0 aromatic rings. The Morgan fingerprint density at radius 2 is 1.75 bits per heavy atom. The first kappa shape index (κ1) is 29.8. The van der Waals surface area contributed by atoms with E-state index in [1.165, 1.54) is 0 Å². The van der Waals surface area contributed by atoms with Gasteiger partial charge in [0.2, 0.25) is 25.0 Å². The molecule has 186 valence electrons. The number of rotatable bonds is 12. The summed E-state index contributed by atoms with van der Waals surface area (Å²) < 4.78 is 26.7. The molecular formula is C24H50O4Si4. The highest BCUT2D eigenvalue weighted by atomic mass is 28.4. The van der Waals surface area contributed by atoms with Gasteiger partial charge in [0.25, 0.3) is 8.32 Å². The van der Waals surface area contributed by atoms with Crippen molar-refractivity contribution in [3.63, 3.8) is 0 Å². The highest BCUT2D eigenvalue weighted by molar-refractivity contribution is 6.82.